The molecule has 0 bridgehead atoms. The Morgan fingerprint density at radius 1 is 1.33 bits per heavy atom. The lowest BCUT2D eigenvalue weighted by atomic mass is 10.3. The first-order valence-corrected chi connectivity index (χ1v) is 5.26. The number of hydrogen-bond acceptors (Lipinski definition) is 5. The molecule has 1 aromatic rings. The summed E-state index contributed by atoms with van der Waals surface area (Å²) in [5.74, 6) is 0.458. The molecule has 1 aromatic heterocycles. The van der Waals surface area contributed by atoms with E-state index in [1.165, 1.54) is 0 Å². The fraction of sp³-hybridized carbons (Fsp3) is 0.556. The maximum Gasteiger partial charge on any atom is 0.224 e. The van der Waals surface area contributed by atoms with Crippen molar-refractivity contribution in [3.05, 3.63) is 11.5 Å². The lowest BCUT2D eigenvalue weighted by Gasteiger charge is -2.34. The first-order valence-electron chi connectivity index (χ1n) is 4.88. The first kappa shape index (κ1) is 10.4. The van der Waals surface area contributed by atoms with Crippen molar-refractivity contribution in [1.82, 2.24) is 14.9 Å². The highest BCUT2D eigenvalue weighted by Gasteiger charge is 2.17. The molecule has 6 heteroatoms. The Labute approximate surface area is 93.9 Å². The molecule has 1 fully saturated rings. The monoisotopic (exact) mass is 227 g/mol. The molecule has 0 spiro atoms. The zero-order valence-corrected chi connectivity index (χ0v) is 9.41. The highest BCUT2D eigenvalue weighted by atomic mass is 35.5. The predicted octanol–water partition coefficient (Wildman–Crippen LogP) is 0.464. The summed E-state index contributed by atoms with van der Waals surface area (Å²) in [6.07, 6.45) is 1.69. The molecule has 15 heavy (non-hydrogen) atoms. The topological polar surface area (TPSA) is 58.3 Å². The van der Waals surface area contributed by atoms with Crippen LogP contribution in [0.5, 0.6) is 0 Å². The Morgan fingerprint density at radius 3 is 2.60 bits per heavy atom. The van der Waals surface area contributed by atoms with Crippen LogP contribution in [0.2, 0.25) is 5.28 Å². The second kappa shape index (κ2) is 4.20. The highest BCUT2D eigenvalue weighted by Crippen LogP contribution is 2.22. The van der Waals surface area contributed by atoms with E-state index in [-0.39, 0.29) is 5.28 Å². The van der Waals surface area contributed by atoms with Gasteiger partial charge in [0.1, 0.15) is 0 Å². The van der Waals surface area contributed by atoms with Gasteiger partial charge in [-0.05, 0) is 18.6 Å². The van der Waals surface area contributed by atoms with Gasteiger partial charge in [-0.1, -0.05) is 0 Å². The largest absolute Gasteiger partial charge is 0.382 e. The van der Waals surface area contributed by atoms with Crippen LogP contribution in [0, 0.1) is 0 Å². The van der Waals surface area contributed by atoms with E-state index in [4.69, 9.17) is 17.3 Å². The van der Waals surface area contributed by atoms with Crippen molar-refractivity contribution in [1.29, 1.82) is 0 Å². The van der Waals surface area contributed by atoms with Gasteiger partial charge >= 0.3 is 0 Å². The summed E-state index contributed by atoms with van der Waals surface area (Å²) in [7, 11) is 2.11. The fourth-order valence-corrected chi connectivity index (χ4v) is 1.80. The van der Waals surface area contributed by atoms with Gasteiger partial charge in [0.15, 0.2) is 5.82 Å². The van der Waals surface area contributed by atoms with Gasteiger partial charge in [-0.2, -0.15) is 4.98 Å². The lowest BCUT2D eigenvalue weighted by Crippen LogP contribution is -2.44. The molecule has 1 aliphatic heterocycles. The van der Waals surface area contributed by atoms with Crippen LogP contribution in [0.25, 0.3) is 0 Å². The van der Waals surface area contributed by atoms with Gasteiger partial charge in [-0.3, -0.25) is 0 Å². The van der Waals surface area contributed by atoms with Crippen LogP contribution >= 0.6 is 11.6 Å². The number of likely N-dealkylation sites (N-methyl/N-ethyl adjacent to an activating group) is 1. The smallest absolute Gasteiger partial charge is 0.224 e. The Kier molecular flexibility index (Phi) is 2.93. The van der Waals surface area contributed by atoms with E-state index >= 15 is 0 Å². The van der Waals surface area contributed by atoms with Crippen molar-refractivity contribution in [3.63, 3.8) is 0 Å². The van der Waals surface area contributed by atoms with Crippen LogP contribution < -0.4 is 10.6 Å². The van der Waals surface area contributed by atoms with Crippen molar-refractivity contribution in [2.45, 2.75) is 0 Å². The number of rotatable bonds is 1. The molecule has 1 aliphatic rings. The van der Waals surface area contributed by atoms with Crippen molar-refractivity contribution in [2.24, 2.45) is 0 Å². The maximum atomic E-state index is 5.80. The summed E-state index contributed by atoms with van der Waals surface area (Å²) in [5, 5.41) is 0.199. The highest BCUT2D eigenvalue weighted by molar-refractivity contribution is 6.28. The Hall–Kier alpha value is -1.07. The minimum absolute atomic E-state index is 0.199. The SMILES string of the molecule is CN1CCN(c2cnc(Cl)nc2N)CC1. The molecule has 2 rings (SSSR count). The number of anilines is 2. The Morgan fingerprint density at radius 2 is 2.00 bits per heavy atom. The van der Waals surface area contributed by atoms with Crippen LogP contribution in [0.4, 0.5) is 11.5 Å². The maximum absolute atomic E-state index is 5.80. The minimum atomic E-state index is 0.199. The number of nitrogens with zero attached hydrogens (tertiary/aromatic N) is 4. The second-order valence-electron chi connectivity index (χ2n) is 3.70. The first-order chi connectivity index (χ1) is 7.16. The number of nitrogens with two attached hydrogens (primary N) is 1. The number of nitrogen functional groups attached to an aromatic ring is 1. The number of hydrogen-bond donors (Lipinski definition) is 1. The molecule has 0 aromatic carbocycles. The van der Waals surface area contributed by atoms with Crippen molar-refractivity contribution < 1.29 is 0 Å². The average molecular weight is 228 g/mol. The molecule has 1 saturated heterocycles. The Balaban J connectivity index is 2.15. The third kappa shape index (κ3) is 2.30. The van der Waals surface area contributed by atoms with Crippen molar-refractivity contribution in [3.8, 4) is 0 Å². The van der Waals surface area contributed by atoms with Gasteiger partial charge in [-0.25, -0.2) is 4.98 Å². The van der Waals surface area contributed by atoms with Gasteiger partial charge < -0.3 is 15.5 Å². The molecule has 2 heterocycles. The lowest BCUT2D eigenvalue weighted by molar-refractivity contribution is 0.313. The van der Waals surface area contributed by atoms with E-state index in [9.17, 15) is 0 Å². The van der Waals surface area contributed by atoms with Gasteiger partial charge in [0.25, 0.3) is 0 Å². The molecule has 0 atom stereocenters. The zero-order chi connectivity index (χ0) is 10.8. The molecular weight excluding hydrogens is 214 g/mol. The molecular formula is C9H14ClN5. The summed E-state index contributed by atoms with van der Waals surface area (Å²) >= 11 is 5.65. The Bertz CT molecular complexity index is 348. The molecule has 0 aliphatic carbocycles. The van der Waals surface area contributed by atoms with E-state index in [1.54, 1.807) is 6.20 Å². The molecule has 0 amide bonds. The molecule has 82 valence electrons. The van der Waals surface area contributed by atoms with Gasteiger partial charge in [-0.15, -0.1) is 0 Å². The standard InChI is InChI=1S/C9H14ClN5/c1-14-2-4-15(5-3-14)7-6-12-9(10)13-8(7)11/h6H,2-5H2,1H3,(H2,11,12,13). The van der Waals surface area contributed by atoms with E-state index in [0.717, 1.165) is 31.9 Å². The van der Waals surface area contributed by atoms with Crippen LogP contribution in [-0.4, -0.2) is 48.1 Å². The van der Waals surface area contributed by atoms with Crippen LogP contribution in [0.1, 0.15) is 0 Å². The summed E-state index contributed by atoms with van der Waals surface area (Å²) in [4.78, 5) is 12.4. The third-order valence-corrected chi connectivity index (χ3v) is 2.79. The fourth-order valence-electron chi connectivity index (χ4n) is 1.66. The normalized spacial score (nSPS) is 18.1. The molecule has 0 radical (unpaired) electrons. The van der Waals surface area contributed by atoms with Crippen LogP contribution in [-0.2, 0) is 0 Å². The van der Waals surface area contributed by atoms with Crippen LogP contribution in [0.15, 0.2) is 6.20 Å². The summed E-state index contributed by atoms with van der Waals surface area (Å²) in [6.45, 7) is 3.96. The van der Waals surface area contributed by atoms with Gasteiger partial charge in [0.2, 0.25) is 5.28 Å². The zero-order valence-electron chi connectivity index (χ0n) is 8.65. The summed E-state index contributed by atoms with van der Waals surface area (Å²) < 4.78 is 0. The molecule has 0 saturated carbocycles. The van der Waals surface area contributed by atoms with Crippen LogP contribution in [0.3, 0.4) is 0 Å². The molecule has 2 N–H and O–H groups in total. The second-order valence-corrected chi connectivity index (χ2v) is 4.04. The number of aromatic nitrogens is 2. The van der Waals surface area contributed by atoms with E-state index in [0.29, 0.717) is 5.82 Å². The average Bonchev–Trinajstić information content (AvgIpc) is 2.20. The number of halogens is 1. The van der Waals surface area contributed by atoms with Crippen molar-refractivity contribution in [2.75, 3.05) is 43.9 Å². The molecule has 5 nitrogen and oxygen atoms in total. The third-order valence-electron chi connectivity index (χ3n) is 2.61. The van der Waals surface area contributed by atoms with E-state index in [1.807, 2.05) is 0 Å². The molecule has 0 unspecified atom stereocenters. The van der Waals surface area contributed by atoms with Gasteiger partial charge in [0.05, 0.1) is 11.9 Å². The quantitative estimate of drug-likeness (QED) is 0.707. The van der Waals surface area contributed by atoms with E-state index in [2.05, 4.69) is 26.8 Å². The van der Waals surface area contributed by atoms with Gasteiger partial charge in [0, 0.05) is 26.2 Å². The minimum Gasteiger partial charge on any atom is -0.382 e. The predicted molar refractivity (Wildman–Crippen MR) is 61.2 cm³/mol. The summed E-state index contributed by atoms with van der Waals surface area (Å²) in [5.41, 5.74) is 6.68. The van der Waals surface area contributed by atoms with E-state index < -0.39 is 0 Å². The summed E-state index contributed by atoms with van der Waals surface area (Å²) in [6, 6.07) is 0. The number of piperazine rings is 1. The van der Waals surface area contributed by atoms with Crippen molar-refractivity contribution >= 4 is 23.1 Å².